The Morgan fingerprint density at radius 2 is 1.77 bits per heavy atom. The average Bonchev–Trinajstić information content (AvgIpc) is 3.65. The third-order valence-electron chi connectivity index (χ3n) is 8.26. The third-order valence-corrected chi connectivity index (χ3v) is 9.24. The molecular weight excluding hydrogens is 554 g/mol. The molecule has 0 N–H and O–H groups in total. The maximum absolute atomic E-state index is 14.2. The van der Waals surface area contributed by atoms with Crippen LogP contribution in [-0.4, -0.2) is 30.2 Å². The molecule has 3 aromatic carbocycles. The molecule has 1 atom stereocenters. The number of ether oxygens (including phenoxy) is 1. The number of carbonyl (C=O) groups excluding carboxylic acids is 1. The largest absolute Gasteiger partial charge is 0.463 e. The van der Waals surface area contributed by atoms with Crippen molar-refractivity contribution >= 4 is 34.8 Å². The molecule has 0 saturated carbocycles. The fourth-order valence-electron chi connectivity index (χ4n) is 6.05. The van der Waals surface area contributed by atoms with Crippen molar-refractivity contribution in [3.63, 3.8) is 0 Å². The smallest absolute Gasteiger partial charge is 0.338 e. The lowest BCUT2D eigenvalue weighted by molar-refractivity contribution is -0.138. The standard InChI is InChI=1S/C36H37N3O3S/c1-5-42-35(41)31-32(27-11-7-6-8-12-27)37-36-39(33(31)28-16-14-26(15-17-28)23(2)3)34(40)30(43-36)22-25-13-18-29(24(4)21-25)38-19-9-10-20-38/h6-8,11-18,21-23,33H,5,9-10,19-20H2,1-4H3/b30-22+/t33-/m1/s1. The van der Waals surface area contributed by atoms with Crippen LogP contribution in [0.2, 0.25) is 0 Å². The first-order chi connectivity index (χ1) is 20.9. The van der Waals surface area contributed by atoms with Crippen LogP contribution in [0.25, 0.3) is 11.8 Å². The Balaban J connectivity index is 1.55. The lowest BCUT2D eigenvalue weighted by Gasteiger charge is -2.26. The highest BCUT2D eigenvalue weighted by molar-refractivity contribution is 7.07. The molecule has 0 spiro atoms. The van der Waals surface area contributed by atoms with Gasteiger partial charge in [-0.1, -0.05) is 85.8 Å². The summed E-state index contributed by atoms with van der Waals surface area (Å²) >= 11 is 1.36. The maximum Gasteiger partial charge on any atom is 0.338 e. The average molecular weight is 592 g/mol. The number of anilines is 1. The molecule has 6 rings (SSSR count). The van der Waals surface area contributed by atoms with Crippen LogP contribution in [-0.2, 0) is 9.53 Å². The molecule has 6 nitrogen and oxygen atoms in total. The van der Waals surface area contributed by atoms with Gasteiger partial charge in [0.15, 0.2) is 4.80 Å². The normalized spacial score (nSPS) is 16.9. The van der Waals surface area contributed by atoms with Crippen molar-refractivity contribution in [3.8, 4) is 0 Å². The quantitative estimate of drug-likeness (QED) is 0.249. The number of rotatable bonds is 7. The summed E-state index contributed by atoms with van der Waals surface area (Å²) in [6, 6.07) is 23.6. The number of benzene rings is 3. The van der Waals surface area contributed by atoms with Gasteiger partial charge in [0.05, 0.1) is 28.5 Å². The Bertz CT molecular complexity index is 1860. The third kappa shape index (κ3) is 5.62. The second-order valence-corrected chi connectivity index (χ2v) is 12.5. The first kappa shape index (κ1) is 28.9. The van der Waals surface area contributed by atoms with E-state index in [1.807, 2.05) is 48.5 Å². The van der Waals surface area contributed by atoms with Crippen molar-refractivity contribution < 1.29 is 9.53 Å². The number of carbonyl (C=O) groups is 1. The number of esters is 1. The molecule has 1 fully saturated rings. The SMILES string of the molecule is CCOC(=O)C1=C(c2ccccc2)N=c2s/c(=C/c3ccc(N4CCCC4)c(C)c3)c(=O)n2[C@@H]1c1ccc(C(C)C)cc1. The van der Waals surface area contributed by atoms with Crippen molar-refractivity contribution in [2.45, 2.75) is 52.5 Å². The summed E-state index contributed by atoms with van der Waals surface area (Å²) in [7, 11) is 0. The van der Waals surface area contributed by atoms with E-state index in [-0.39, 0.29) is 12.2 Å². The van der Waals surface area contributed by atoms with Crippen molar-refractivity contribution in [3.05, 3.63) is 126 Å². The minimum Gasteiger partial charge on any atom is -0.463 e. The predicted molar refractivity (Wildman–Crippen MR) is 174 cm³/mol. The van der Waals surface area contributed by atoms with E-state index in [1.165, 1.54) is 41.0 Å². The van der Waals surface area contributed by atoms with Crippen LogP contribution in [0.15, 0.2) is 88.2 Å². The van der Waals surface area contributed by atoms with E-state index in [0.29, 0.717) is 26.5 Å². The zero-order valence-electron chi connectivity index (χ0n) is 25.2. The molecule has 0 bridgehead atoms. The summed E-state index contributed by atoms with van der Waals surface area (Å²) in [6.07, 6.45) is 4.39. The Morgan fingerprint density at radius 3 is 2.42 bits per heavy atom. The van der Waals surface area contributed by atoms with E-state index < -0.39 is 12.0 Å². The highest BCUT2D eigenvalue weighted by Crippen LogP contribution is 2.35. The zero-order chi connectivity index (χ0) is 30.1. The second-order valence-electron chi connectivity index (χ2n) is 11.5. The topological polar surface area (TPSA) is 63.9 Å². The first-order valence-corrected chi connectivity index (χ1v) is 15.9. The Hall–Kier alpha value is -4.23. The molecule has 1 saturated heterocycles. The van der Waals surface area contributed by atoms with Crippen molar-refractivity contribution in [1.82, 2.24) is 4.57 Å². The van der Waals surface area contributed by atoms with Crippen LogP contribution < -0.4 is 19.8 Å². The van der Waals surface area contributed by atoms with Crippen LogP contribution in [0.5, 0.6) is 0 Å². The lowest BCUT2D eigenvalue weighted by Crippen LogP contribution is -2.40. The fraction of sp³-hybridized carbons (Fsp3) is 0.306. The molecule has 2 aliphatic rings. The summed E-state index contributed by atoms with van der Waals surface area (Å²) in [5.74, 6) is -0.109. The van der Waals surface area contributed by atoms with E-state index in [1.54, 1.807) is 11.5 Å². The maximum atomic E-state index is 14.2. The highest BCUT2D eigenvalue weighted by Gasteiger charge is 2.35. The molecule has 4 aromatic rings. The summed E-state index contributed by atoms with van der Waals surface area (Å²) in [4.78, 5) is 35.8. The number of aromatic nitrogens is 1. The lowest BCUT2D eigenvalue weighted by atomic mass is 9.91. The van der Waals surface area contributed by atoms with Gasteiger partial charge in [-0.3, -0.25) is 9.36 Å². The molecule has 0 radical (unpaired) electrons. The van der Waals surface area contributed by atoms with Gasteiger partial charge in [-0.05, 0) is 73.1 Å². The number of thiazole rings is 1. The van der Waals surface area contributed by atoms with E-state index in [4.69, 9.17) is 9.73 Å². The monoisotopic (exact) mass is 591 g/mol. The summed E-state index contributed by atoms with van der Waals surface area (Å²) in [5.41, 5.74) is 7.00. The van der Waals surface area contributed by atoms with Gasteiger partial charge in [0.25, 0.3) is 5.56 Å². The number of hydrogen-bond acceptors (Lipinski definition) is 6. The van der Waals surface area contributed by atoms with E-state index in [0.717, 1.165) is 29.8 Å². The van der Waals surface area contributed by atoms with Crippen LogP contribution >= 0.6 is 11.3 Å². The molecule has 43 heavy (non-hydrogen) atoms. The van der Waals surface area contributed by atoms with Crippen molar-refractivity contribution in [2.24, 2.45) is 4.99 Å². The van der Waals surface area contributed by atoms with E-state index >= 15 is 0 Å². The van der Waals surface area contributed by atoms with Gasteiger partial charge in [0.1, 0.15) is 0 Å². The number of hydrogen-bond donors (Lipinski definition) is 0. The number of nitrogens with zero attached hydrogens (tertiary/aromatic N) is 3. The van der Waals surface area contributed by atoms with Gasteiger partial charge in [0.2, 0.25) is 0 Å². The fourth-order valence-corrected chi connectivity index (χ4v) is 7.05. The van der Waals surface area contributed by atoms with E-state index in [2.05, 4.69) is 56.0 Å². The minimum absolute atomic E-state index is 0.170. The zero-order valence-corrected chi connectivity index (χ0v) is 26.0. The van der Waals surface area contributed by atoms with Crippen LogP contribution in [0.3, 0.4) is 0 Å². The summed E-state index contributed by atoms with van der Waals surface area (Å²) in [5, 5.41) is 0. The Morgan fingerprint density at radius 1 is 1.05 bits per heavy atom. The predicted octanol–water partition coefficient (Wildman–Crippen LogP) is 5.97. The number of fused-ring (bicyclic) bond motifs is 1. The molecule has 7 heteroatoms. The molecule has 0 unspecified atom stereocenters. The van der Waals surface area contributed by atoms with Gasteiger partial charge >= 0.3 is 5.97 Å². The van der Waals surface area contributed by atoms with Gasteiger partial charge in [-0.25, -0.2) is 9.79 Å². The minimum atomic E-state index is -0.673. The molecule has 0 aliphatic carbocycles. The molecule has 0 amide bonds. The van der Waals surface area contributed by atoms with E-state index in [9.17, 15) is 9.59 Å². The molecule has 1 aromatic heterocycles. The molecular formula is C36H37N3O3S. The van der Waals surface area contributed by atoms with Crippen LogP contribution in [0.4, 0.5) is 5.69 Å². The summed E-state index contributed by atoms with van der Waals surface area (Å²) < 4.78 is 7.84. The summed E-state index contributed by atoms with van der Waals surface area (Å²) in [6.45, 7) is 10.6. The van der Waals surface area contributed by atoms with Gasteiger partial charge < -0.3 is 9.64 Å². The Labute approximate surface area is 256 Å². The highest BCUT2D eigenvalue weighted by atomic mass is 32.1. The first-order valence-electron chi connectivity index (χ1n) is 15.1. The molecule has 3 heterocycles. The van der Waals surface area contributed by atoms with Gasteiger partial charge in [-0.15, -0.1) is 0 Å². The second kappa shape index (κ2) is 12.2. The van der Waals surface area contributed by atoms with Gasteiger partial charge in [0, 0.05) is 24.3 Å². The molecule has 220 valence electrons. The van der Waals surface area contributed by atoms with Gasteiger partial charge in [-0.2, -0.15) is 0 Å². The Kier molecular flexibility index (Phi) is 8.17. The number of aryl methyl sites for hydroxylation is 1. The molecule has 2 aliphatic heterocycles. The van der Waals surface area contributed by atoms with Crippen LogP contribution in [0, 0.1) is 6.92 Å². The van der Waals surface area contributed by atoms with Crippen molar-refractivity contribution in [2.75, 3.05) is 24.6 Å². The van der Waals surface area contributed by atoms with Crippen molar-refractivity contribution in [1.29, 1.82) is 0 Å². The van der Waals surface area contributed by atoms with Crippen LogP contribution in [0.1, 0.15) is 73.4 Å².